The third kappa shape index (κ3) is 5.28. The molecule has 22 heavy (non-hydrogen) atoms. The van der Waals surface area contributed by atoms with E-state index >= 15 is 0 Å². The van der Waals surface area contributed by atoms with Gasteiger partial charge in [0.1, 0.15) is 5.75 Å². The molecule has 1 rings (SSSR count). The summed E-state index contributed by atoms with van der Waals surface area (Å²) in [6.45, 7) is 2.46. The lowest BCUT2D eigenvalue weighted by Crippen LogP contribution is -2.25. The van der Waals surface area contributed by atoms with Crippen LogP contribution in [0, 0.1) is 0 Å². The number of anilines is 1. The van der Waals surface area contributed by atoms with Crippen LogP contribution in [-0.4, -0.2) is 41.7 Å². The molecule has 0 spiro atoms. The van der Waals surface area contributed by atoms with Crippen LogP contribution in [0.3, 0.4) is 0 Å². The van der Waals surface area contributed by atoms with E-state index in [2.05, 4.69) is 10.0 Å². The van der Waals surface area contributed by atoms with Crippen LogP contribution in [-0.2, 0) is 19.6 Å². The lowest BCUT2D eigenvalue weighted by Gasteiger charge is -2.12. The summed E-state index contributed by atoms with van der Waals surface area (Å²) in [6.07, 6.45) is 0.862. The lowest BCUT2D eigenvalue weighted by molar-refractivity contribution is -0.115. The van der Waals surface area contributed by atoms with Gasteiger partial charge in [-0.1, -0.05) is 6.92 Å². The first kappa shape index (κ1) is 18.4. The molecule has 0 radical (unpaired) electrons. The van der Waals surface area contributed by atoms with Gasteiger partial charge in [0.05, 0.1) is 17.7 Å². The zero-order valence-corrected chi connectivity index (χ0v) is 13.8. The minimum atomic E-state index is -3.64. The highest BCUT2D eigenvalue weighted by Crippen LogP contribution is 2.27. The van der Waals surface area contributed by atoms with Crippen LogP contribution in [0.5, 0.6) is 5.75 Å². The van der Waals surface area contributed by atoms with Crippen molar-refractivity contribution in [3.63, 3.8) is 0 Å². The zero-order valence-electron chi connectivity index (χ0n) is 13.0. The molecule has 0 unspecified atom stereocenters. The molecule has 0 aliphatic heterocycles. The number of carbonyl (C=O) groups excluding carboxylic acids is 1. The number of hydrogen-bond acceptors (Lipinski definition) is 5. The quantitative estimate of drug-likeness (QED) is 0.667. The molecule has 1 aromatic rings. The number of amides is 1. The molecule has 0 aliphatic rings. The van der Waals surface area contributed by atoms with Gasteiger partial charge in [-0.3, -0.25) is 4.79 Å². The Balaban J connectivity index is 2.94. The molecule has 0 bridgehead atoms. The van der Waals surface area contributed by atoms with E-state index in [1.165, 1.54) is 25.3 Å². The maximum Gasteiger partial charge on any atom is 0.240 e. The number of hydrogen-bond donors (Lipinski definition) is 2. The van der Waals surface area contributed by atoms with Gasteiger partial charge in [-0.05, 0) is 24.6 Å². The van der Waals surface area contributed by atoms with Crippen LogP contribution >= 0.6 is 0 Å². The lowest BCUT2D eigenvalue weighted by atomic mass is 10.3. The fourth-order valence-corrected chi connectivity index (χ4v) is 2.80. The summed E-state index contributed by atoms with van der Waals surface area (Å²) in [4.78, 5) is 11.6. The van der Waals surface area contributed by atoms with E-state index in [9.17, 15) is 13.2 Å². The number of ether oxygens (including phenoxy) is 2. The van der Waals surface area contributed by atoms with Gasteiger partial charge in [-0.25, -0.2) is 13.1 Å². The van der Waals surface area contributed by atoms with Crippen LogP contribution in [0.4, 0.5) is 5.69 Å². The van der Waals surface area contributed by atoms with Gasteiger partial charge >= 0.3 is 0 Å². The van der Waals surface area contributed by atoms with Gasteiger partial charge in [-0.15, -0.1) is 0 Å². The highest BCUT2D eigenvalue weighted by atomic mass is 32.2. The molecular weight excluding hydrogens is 308 g/mol. The summed E-state index contributed by atoms with van der Waals surface area (Å²) >= 11 is 0. The molecule has 1 amide bonds. The van der Waals surface area contributed by atoms with E-state index in [-0.39, 0.29) is 23.8 Å². The van der Waals surface area contributed by atoms with E-state index in [0.29, 0.717) is 24.5 Å². The average molecular weight is 330 g/mol. The van der Waals surface area contributed by atoms with Crippen molar-refractivity contribution in [3.8, 4) is 5.75 Å². The Hall–Kier alpha value is -1.64. The fraction of sp³-hybridized carbons (Fsp3) is 0.500. The highest BCUT2D eigenvalue weighted by molar-refractivity contribution is 7.89. The third-order valence-corrected chi connectivity index (χ3v) is 4.35. The number of sulfonamides is 1. The van der Waals surface area contributed by atoms with E-state index < -0.39 is 10.0 Å². The number of nitrogens with one attached hydrogen (secondary N) is 2. The maximum atomic E-state index is 12.2. The highest BCUT2D eigenvalue weighted by Gasteiger charge is 2.16. The van der Waals surface area contributed by atoms with E-state index in [0.717, 1.165) is 0 Å². The number of methoxy groups -OCH3 is 2. The smallest absolute Gasteiger partial charge is 0.240 e. The monoisotopic (exact) mass is 330 g/mol. The second kappa shape index (κ2) is 8.72. The Morgan fingerprint density at radius 1 is 1.27 bits per heavy atom. The van der Waals surface area contributed by atoms with Crippen molar-refractivity contribution in [2.24, 2.45) is 0 Å². The summed E-state index contributed by atoms with van der Waals surface area (Å²) < 4.78 is 36.9. The first-order valence-corrected chi connectivity index (χ1v) is 8.39. The van der Waals surface area contributed by atoms with Gasteiger partial charge in [0.15, 0.2) is 0 Å². The van der Waals surface area contributed by atoms with Crippen molar-refractivity contribution < 1.29 is 22.7 Å². The van der Waals surface area contributed by atoms with Crippen LogP contribution in [0.25, 0.3) is 0 Å². The Labute approximate surface area is 131 Å². The molecule has 0 aromatic heterocycles. The minimum Gasteiger partial charge on any atom is -0.495 e. The Bertz CT molecular complexity index is 601. The average Bonchev–Trinajstić information content (AvgIpc) is 2.51. The second-order valence-corrected chi connectivity index (χ2v) is 6.27. The van der Waals surface area contributed by atoms with E-state index in [1.54, 1.807) is 14.0 Å². The second-order valence-electron chi connectivity index (χ2n) is 4.51. The van der Waals surface area contributed by atoms with Gasteiger partial charge < -0.3 is 14.8 Å². The predicted octanol–water partition coefficient (Wildman–Crippen LogP) is 1.36. The maximum absolute atomic E-state index is 12.2. The van der Waals surface area contributed by atoms with Crippen LogP contribution in [0.1, 0.15) is 19.8 Å². The van der Waals surface area contributed by atoms with Crippen LogP contribution in [0.15, 0.2) is 23.1 Å². The summed E-state index contributed by atoms with van der Waals surface area (Å²) in [5.74, 6) is 0.182. The Morgan fingerprint density at radius 2 is 2.00 bits per heavy atom. The van der Waals surface area contributed by atoms with E-state index in [4.69, 9.17) is 9.47 Å². The largest absolute Gasteiger partial charge is 0.495 e. The molecule has 0 saturated heterocycles. The normalized spacial score (nSPS) is 11.2. The van der Waals surface area contributed by atoms with E-state index in [1.807, 2.05) is 0 Å². The van der Waals surface area contributed by atoms with Crippen molar-refractivity contribution >= 4 is 21.6 Å². The number of benzene rings is 1. The molecule has 0 heterocycles. The van der Waals surface area contributed by atoms with Crippen molar-refractivity contribution in [1.82, 2.24) is 4.72 Å². The van der Waals surface area contributed by atoms with Crippen LogP contribution in [0.2, 0.25) is 0 Å². The summed E-state index contributed by atoms with van der Waals surface area (Å²) in [6, 6.07) is 4.32. The van der Waals surface area contributed by atoms with Gasteiger partial charge in [0.25, 0.3) is 0 Å². The Morgan fingerprint density at radius 3 is 2.59 bits per heavy atom. The minimum absolute atomic E-state index is 0.0668. The molecule has 7 nitrogen and oxygen atoms in total. The number of carbonyl (C=O) groups is 1. The first-order valence-electron chi connectivity index (χ1n) is 6.91. The molecular formula is C14H22N2O5S. The topological polar surface area (TPSA) is 93.7 Å². The SMILES string of the molecule is CCC(=O)Nc1cc(S(=O)(=O)NCCCOC)ccc1OC. The Kier molecular flexibility index (Phi) is 7.30. The van der Waals surface area contributed by atoms with Gasteiger partial charge in [0.2, 0.25) is 15.9 Å². The molecule has 1 aromatic carbocycles. The van der Waals surface area contributed by atoms with Gasteiger partial charge in [-0.2, -0.15) is 0 Å². The third-order valence-electron chi connectivity index (χ3n) is 2.89. The molecule has 0 atom stereocenters. The molecule has 8 heteroatoms. The van der Waals surface area contributed by atoms with Crippen molar-refractivity contribution in [2.45, 2.75) is 24.7 Å². The standard InChI is InChI=1S/C14H22N2O5S/c1-4-14(17)16-12-10-11(6-7-13(12)21-3)22(18,19)15-8-5-9-20-2/h6-7,10,15H,4-5,8-9H2,1-3H3,(H,16,17). The van der Waals surface area contributed by atoms with Crippen molar-refractivity contribution in [3.05, 3.63) is 18.2 Å². The van der Waals surface area contributed by atoms with Gasteiger partial charge in [0, 0.05) is 26.7 Å². The van der Waals surface area contributed by atoms with Crippen molar-refractivity contribution in [2.75, 3.05) is 32.7 Å². The molecule has 0 aliphatic carbocycles. The fourth-order valence-electron chi connectivity index (χ4n) is 1.70. The molecule has 124 valence electrons. The molecule has 2 N–H and O–H groups in total. The predicted molar refractivity (Wildman–Crippen MR) is 83.6 cm³/mol. The molecule has 0 fully saturated rings. The summed E-state index contributed by atoms with van der Waals surface area (Å²) in [5, 5.41) is 2.62. The zero-order chi connectivity index (χ0) is 16.6. The number of rotatable bonds is 9. The summed E-state index contributed by atoms with van der Waals surface area (Å²) in [7, 11) is -0.634. The molecule has 0 saturated carbocycles. The first-order chi connectivity index (χ1) is 10.4. The van der Waals surface area contributed by atoms with Crippen molar-refractivity contribution in [1.29, 1.82) is 0 Å². The summed E-state index contributed by atoms with van der Waals surface area (Å²) in [5.41, 5.74) is 0.328. The van der Waals surface area contributed by atoms with Crippen LogP contribution < -0.4 is 14.8 Å².